The van der Waals surface area contributed by atoms with Crippen LogP contribution in [0, 0.1) is 0 Å². The van der Waals surface area contributed by atoms with Crippen molar-refractivity contribution in [2.24, 2.45) is 0 Å². The molecule has 2 aromatic carbocycles. The molecule has 0 unspecified atom stereocenters. The van der Waals surface area contributed by atoms with Crippen LogP contribution in [0.15, 0.2) is 72.8 Å². The summed E-state index contributed by atoms with van der Waals surface area (Å²) in [5.41, 5.74) is 4.41. The average Bonchev–Trinajstić information content (AvgIpc) is 2.59. The predicted molar refractivity (Wildman–Crippen MR) is 106 cm³/mol. The summed E-state index contributed by atoms with van der Waals surface area (Å²) in [6.45, 7) is 17.2. The third kappa shape index (κ3) is 5.25. The Morgan fingerprint density at radius 2 is 1.04 bits per heavy atom. The molecule has 132 valence electrons. The SMILES string of the molecule is C=C(C)COc1ccc(C(C)(C)c2ccc(OCC(=C)C)cc2)cc1. The second-order valence-corrected chi connectivity index (χ2v) is 7.17. The fraction of sp³-hybridized carbons (Fsp3) is 0.304. The molecule has 2 aromatic rings. The van der Waals surface area contributed by atoms with E-state index in [1.165, 1.54) is 11.1 Å². The maximum absolute atomic E-state index is 5.68. The summed E-state index contributed by atoms with van der Waals surface area (Å²) in [6, 6.07) is 16.6. The third-order valence-corrected chi connectivity index (χ3v) is 4.12. The van der Waals surface area contributed by atoms with Crippen LogP contribution in [-0.2, 0) is 5.41 Å². The maximum Gasteiger partial charge on any atom is 0.119 e. The standard InChI is InChI=1S/C23H28O2/c1-17(2)15-24-21-11-7-19(8-12-21)23(5,6)20-9-13-22(14-10-20)25-16-18(3)4/h7-14H,1,3,15-16H2,2,4-6H3. The number of benzene rings is 2. The molecular weight excluding hydrogens is 308 g/mol. The first-order valence-corrected chi connectivity index (χ1v) is 8.54. The fourth-order valence-corrected chi connectivity index (χ4v) is 2.52. The highest BCUT2D eigenvalue weighted by Gasteiger charge is 2.23. The molecule has 0 amide bonds. The highest BCUT2D eigenvalue weighted by Crippen LogP contribution is 2.33. The van der Waals surface area contributed by atoms with E-state index in [0.717, 1.165) is 22.6 Å². The molecule has 0 spiro atoms. The van der Waals surface area contributed by atoms with Crippen molar-refractivity contribution >= 4 is 0 Å². The minimum Gasteiger partial charge on any atom is -0.489 e. The molecule has 2 heteroatoms. The molecule has 0 atom stereocenters. The van der Waals surface area contributed by atoms with Crippen molar-refractivity contribution in [1.82, 2.24) is 0 Å². The molecule has 0 aliphatic rings. The molecule has 2 rings (SSSR count). The van der Waals surface area contributed by atoms with Gasteiger partial charge in [-0.25, -0.2) is 0 Å². The molecule has 25 heavy (non-hydrogen) atoms. The third-order valence-electron chi connectivity index (χ3n) is 4.12. The molecule has 0 radical (unpaired) electrons. The maximum atomic E-state index is 5.68. The first kappa shape index (κ1) is 18.9. The zero-order valence-corrected chi connectivity index (χ0v) is 15.8. The molecule has 0 bridgehead atoms. The van der Waals surface area contributed by atoms with Crippen molar-refractivity contribution in [3.05, 3.63) is 84.0 Å². The molecule has 0 aliphatic heterocycles. The van der Waals surface area contributed by atoms with Gasteiger partial charge < -0.3 is 9.47 Å². The Morgan fingerprint density at radius 3 is 1.32 bits per heavy atom. The largest absolute Gasteiger partial charge is 0.489 e. The van der Waals surface area contributed by atoms with Crippen LogP contribution in [0.2, 0.25) is 0 Å². The van der Waals surface area contributed by atoms with E-state index in [1.807, 2.05) is 38.1 Å². The fourth-order valence-electron chi connectivity index (χ4n) is 2.52. The van der Waals surface area contributed by atoms with Gasteiger partial charge in [-0.15, -0.1) is 0 Å². The highest BCUT2D eigenvalue weighted by atomic mass is 16.5. The number of ether oxygens (including phenoxy) is 2. The quantitative estimate of drug-likeness (QED) is 0.557. The van der Waals surface area contributed by atoms with Gasteiger partial charge in [0.2, 0.25) is 0 Å². The van der Waals surface area contributed by atoms with Gasteiger partial charge in [0, 0.05) is 5.41 Å². The van der Waals surface area contributed by atoms with Gasteiger partial charge in [-0.1, -0.05) is 51.3 Å². The predicted octanol–water partition coefficient (Wildman–Crippen LogP) is 5.92. The molecule has 0 saturated heterocycles. The Labute approximate surface area is 151 Å². The first-order valence-electron chi connectivity index (χ1n) is 8.54. The summed E-state index contributed by atoms with van der Waals surface area (Å²) < 4.78 is 11.4. The van der Waals surface area contributed by atoms with Gasteiger partial charge in [-0.2, -0.15) is 0 Å². The molecule has 0 saturated carbocycles. The summed E-state index contributed by atoms with van der Waals surface area (Å²) in [6.07, 6.45) is 0. The summed E-state index contributed by atoms with van der Waals surface area (Å²) in [5.74, 6) is 1.73. The van der Waals surface area contributed by atoms with Gasteiger partial charge in [-0.3, -0.25) is 0 Å². The van der Waals surface area contributed by atoms with Crippen LogP contribution < -0.4 is 9.47 Å². The van der Waals surface area contributed by atoms with E-state index in [2.05, 4.69) is 51.3 Å². The van der Waals surface area contributed by atoms with Crippen LogP contribution in [0.3, 0.4) is 0 Å². The molecule has 0 N–H and O–H groups in total. The van der Waals surface area contributed by atoms with E-state index in [0.29, 0.717) is 13.2 Å². The molecule has 2 nitrogen and oxygen atoms in total. The van der Waals surface area contributed by atoms with Gasteiger partial charge in [-0.05, 0) is 60.4 Å². The molecule has 0 aromatic heterocycles. The van der Waals surface area contributed by atoms with Crippen LogP contribution in [0.1, 0.15) is 38.8 Å². The van der Waals surface area contributed by atoms with Crippen LogP contribution in [0.25, 0.3) is 0 Å². The number of rotatable bonds is 8. The molecule has 0 aliphatic carbocycles. The number of hydrogen-bond acceptors (Lipinski definition) is 2. The molecular formula is C23H28O2. The highest BCUT2D eigenvalue weighted by molar-refractivity contribution is 5.41. The summed E-state index contributed by atoms with van der Waals surface area (Å²) in [7, 11) is 0. The van der Waals surface area contributed by atoms with Crippen molar-refractivity contribution in [3.8, 4) is 11.5 Å². The summed E-state index contributed by atoms with van der Waals surface area (Å²) >= 11 is 0. The Balaban J connectivity index is 2.11. The van der Waals surface area contributed by atoms with Crippen LogP contribution in [0.5, 0.6) is 11.5 Å². The topological polar surface area (TPSA) is 18.5 Å². The van der Waals surface area contributed by atoms with Crippen molar-refractivity contribution < 1.29 is 9.47 Å². The van der Waals surface area contributed by atoms with Crippen molar-refractivity contribution in [2.45, 2.75) is 33.1 Å². The average molecular weight is 336 g/mol. The van der Waals surface area contributed by atoms with E-state index in [1.54, 1.807) is 0 Å². The van der Waals surface area contributed by atoms with Gasteiger partial charge in [0.25, 0.3) is 0 Å². The number of hydrogen-bond donors (Lipinski definition) is 0. The Bertz CT molecular complexity index is 658. The van der Waals surface area contributed by atoms with Crippen molar-refractivity contribution in [3.63, 3.8) is 0 Å². The molecule has 0 heterocycles. The van der Waals surface area contributed by atoms with Crippen LogP contribution in [0.4, 0.5) is 0 Å². The Kier molecular flexibility index (Phi) is 6.08. The lowest BCUT2D eigenvalue weighted by molar-refractivity contribution is 0.352. The Morgan fingerprint density at radius 1 is 0.720 bits per heavy atom. The second-order valence-electron chi connectivity index (χ2n) is 7.17. The zero-order valence-electron chi connectivity index (χ0n) is 15.8. The summed E-state index contributed by atoms with van der Waals surface area (Å²) in [5, 5.41) is 0. The van der Waals surface area contributed by atoms with Crippen LogP contribution in [-0.4, -0.2) is 13.2 Å². The van der Waals surface area contributed by atoms with E-state index >= 15 is 0 Å². The Hall–Kier alpha value is -2.48. The van der Waals surface area contributed by atoms with Crippen molar-refractivity contribution in [1.29, 1.82) is 0 Å². The smallest absolute Gasteiger partial charge is 0.119 e. The molecule has 0 fully saturated rings. The zero-order chi connectivity index (χ0) is 18.4. The van der Waals surface area contributed by atoms with Crippen molar-refractivity contribution in [2.75, 3.05) is 13.2 Å². The first-order chi connectivity index (χ1) is 11.8. The van der Waals surface area contributed by atoms with Crippen LogP contribution >= 0.6 is 0 Å². The lowest BCUT2D eigenvalue weighted by Crippen LogP contribution is -2.18. The minimum absolute atomic E-state index is 0.0975. The summed E-state index contributed by atoms with van der Waals surface area (Å²) in [4.78, 5) is 0. The van der Waals surface area contributed by atoms with Gasteiger partial charge >= 0.3 is 0 Å². The van der Waals surface area contributed by atoms with Gasteiger partial charge in [0.05, 0.1) is 0 Å². The normalized spacial score (nSPS) is 11.0. The minimum atomic E-state index is -0.0975. The van der Waals surface area contributed by atoms with E-state index in [9.17, 15) is 0 Å². The van der Waals surface area contributed by atoms with E-state index in [4.69, 9.17) is 9.47 Å². The lowest BCUT2D eigenvalue weighted by Gasteiger charge is -2.26. The monoisotopic (exact) mass is 336 g/mol. The van der Waals surface area contributed by atoms with E-state index in [-0.39, 0.29) is 5.41 Å². The van der Waals surface area contributed by atoms with Gasteiger partial charge in [0.15, 0.2) is 0 Å². The van der Waals surface area contributed by atoms with E-state index < -0.39 is 0 Å². The van der Waals surface area contributed by atoms with Gasteiger partial charge in [0.1, 0.15) is 24.7 Å². The lowest BCUT2D eigenvalue weighted by atomic mass is 9.78. The second kappa shape index (κ2) is 8.06.